The highest BCUT2D eigenvalue weighted by atomic mass is 16.5. The number of aliphatic hydroxyl groups is 1. The van der Waals surface area contributed by atoms with Crippen LogP contribution in [0.2, 0.25) is 0 Å². The van der Waals surface area contributed by atoms with Crippen molar-refractivity contribution in [2.24, 2.45) is 11.7 Å². The molecule has 1 aromatic carbocycles. The second kappa shape index (κ2) is 7.72. The van der Waals surface area contributed by atoms with Gasteiger partial charge >= 0.3 is 0 Å². The van der Waals surface area contributed by atoms with Gasteiger partial charge in [0.25, 0.3) is 0 Å². The lowest BCUT2D eigenvalue weighted by Crippen LogP contribution is -2.34. The molecule has 0 aromatic heterocycles. The number of amides is 1. The van der Waals surface area contributed by atoms with Gasteiger partial charge in [0.15, 0.2) is 11.5 Å². The molecule has 6 heteroatoms. The van der Waals surface area contributed by atoms with Crippen molar-refractivity contribution >= 4 is 11.6 Å². The number of nitrogens with two attached hydrogens (primary N) is 1. The number of carbonyl (C=O) groups is 1. The molecule has 0 spiro atoms. The molecule has 0 heterocycles. The largest absolute Gasteiger partial charge is 0.493 e. The molecule has 0 bridgehead atoms. The van der Waals surface area contributed by atoms with Crippen LogP contribution >= 0.6 is 0 Å². The lowest BCUT2D eigenvalue weighted by Gasteiger charge is -2.16. The normalized spacial score (nSPS) is 13.4. The molecule has 0 radical (unpaired) electrons. The Labute approximate surface area is 118 Å². The molecule has 0 saturated heterocycles. The molecule has 20 heavy (non-hydrogen) atoms. The minimum atomic E-state index is -0.293. The van der Waals surface area contributed by atoms with E-state index in [2.05, 4.69) is 5.32 Å². The van der Waals surface area contributed by atoms with Gasteiger partial charge in [-0.2, -0.15) is 0 Å². The third-order valence-corrected chi connectivity index (χ3v) is 2.98. The quantitative estimate of drug-likeness (QED) is 0.693. The summed E-state index contributed by atoms with van der Waals surface area (Å²) in [5, 5.41) is 11.6. The second-order valence-electron chi connectivity index (χ2n) is 4.57. The van der Waals surface area contributed by atoms with E-state index in [0.29, 0.717) is 17.2 Å². The Morgan fingerprint density at radius 1 is 1.40 bits per heavy atom. The summed E-state index contributed by atoms with van der Waals surface area (Å²) in [6.45, 7) is 3.62. The first kappa shape index (κ1) is 16.3. The molecule has 1 rings (SSSR count). The summed E-state index contributed by atoms with van der Waals surface area (Å²) in [5.41, 5.74) is 6.29. The van der Waals surface area contributed by atoms with Gasteiger partial charge in [-0.15, -0.1) is 0 Å². The van der Waals surface area contributed by atoms with Gasteiger partial charge in [-0.1, -0.05) is 6.92 Å². The van der Waals surface area contributed by atoms with E-state index < -0.39 is 0 Å². The van der Waals surface area contributed by atoms with E-state index in [0.717, 1.165) is 0 Å². The maximum atomic E-state index is 11.9. The standard InChI is InChI=1S/C14H22N2O4/c1-9(10(2)15)14(18)16-11-4-5-12(19-3)13(8-11)20-7-6-17/h4-5,8-10,17H,6-7,15H2,1-3H3,(H,16,18). The van der Waals surface area contributed by atoms with Crippen LogP contribution in [0.25, 0.3) is 0 Å². The highest BCUT2D eigenvalue weighted by Crippen LogP contribution is 2.30. The van der Waals surface area contributed by atoms with Crippen LogP contribution in [0.3, 0.4) is 0 Å². The maximum absolute atomic E-state index is 11.9. The minimum absolute atomic E-state index is 0.0958. The molecular weight excluding hydrogens is 260 g/mol. The van der Waals surface area contributed by atoms with Gasteiger partial charge in [0.05, 0.1) is 19.6 Å². The number of carbonyl (C=O) groups excluding carboxylic acids is 1. The summed E-state index contributed by atoms with van der Waals surface area (Å²) in [5.74, 6) is 0.557. The summed E-state index contributed by atoms with van der Waals surface area (Å²) in [7, 11) is 1.53. The Morgan fingerprint density at radius 2 is 2.10 bits per heavy atom. The van der Waals surface area contributed by atoms with Crippen LogP contribution in [-0.4, -0.2) is 37.4 Å². The average molecular weight is 282 g/mol. The first-order valence-corrected chi connectivity index (χ1v) is 6.47. The Balaban J connectivity index is 2.83. The van der Waals surface area contributed by atoms with E-state index >= 15 is 0 Å². The summed E-state index contributed by atoms with van der Waals surface area (Å²) in [6.07, 6.45) is 0. The van der Waals surface area contributed by atoms with E-state index in [1.165, 1.54) is 7.11 Å². The SMILES string of the molecule is COc1ccc(NC(=O)C(C)C(C)N)cc1OCCO. The highest BCUT2D eigenvalue weighted by Gasteiger charge is 2.17. The first-order valence-electron chi connectivity index (χ1n) is 6.47. The Bertz CT molecular complexity index is 449. The van der Waals surface area contributed by atoms with Crippen molar-refractivity contribution in [3.63, 3.8) is 0 Å². The van der Waals surface area contributed by atoms with Crippen molar-refractivity contribution in [3.8, 4) is 11.5 Å². The fraction of sp³-hybridized carbons (Fsp3) is 0.500. The molecule has 4 N–H and O–H groups in total. The zero-order chi connectivity index (χ0) is 15.1. The third kappa shape index (κ3) is 4.40. The molecule has 112 valence electrons. The fourth-order valence-corrected chi connectivity index (χ4v) is 1.52. The van der Waals surface area contributed by atoms with Gasteiger partial charge in [0.1, 0.15) is 6.61 Å². The van der Waals surface area contributed by atoms with E-state index in [9.17, 15) is 4.79 Å². The van der Waals surface area contributed by atoms with Crippen molar-refractivity contribution in [3.05, 3.63) is 18.2 Å². The maximum Gasteiger partial charge on any atom is 0.228 e. The Kier molecular flexibility index (Phi) is 6.27. The van der Waals surface area contributed by atoms with Crippen molar-refractivity contribution in [1.82, 2.24) is 0 Å². The molecule has 2 atom stereocenters. The van der Waals surface area contributed by atoms with Crippen molar-refractivity contribution < 1.29 is 19.4 Å². The minimum Gasteiger partial charge on any atom is -0.493 e. The number of methoxy groups -OCH3 is 1. The van der Waals surface area contributed by atoms with Crippen LogP contribution in [0.4, 0.5) is 5.69 Å². The predicted octanol–water partition coefficient (Wildman–Crippen LogP) is 0.988. The lowest BCUT2D eigenvalue weighted by molar-refractivity contribution is -0.119. The molecule has 0 aliphatic heterocycles. The number of hydrogen-bond acceptors (Lipinski definition) is 5. The predicted molar refractivity (Wildman–Crippen MR) is 77.0 cm³/mol. The number of aliphatic hydroxyl groups excluding tert-OH is 1. The average Bonchev–Trinajstić information content (AvgIpc) is 2.44. The van der Waals surface area contributed by atoms with Crippen LogP contribution in [-0.2, 0) is 4.79 Å². The number of hydrogen-bond donors (Lipinski definition) is 3. The molecule has 2 unspecified atom stereocenters. The van der Waals surface area contributed by atoms with Crippen LogP contribution in [0.15, 0.2) is 18.2 Å². The zero-order valence-electron chi connectivity index (χ0n) is 12.1. The van der Waals surface area contributed by atoms with Gasteiger partial charge < -0.3 is 25.6 Å². The molecule has 6 nitrogen and oxygen atoms in total. The smallest absolute Gasteiger partial charge is 0.228 e. The van der Waals surface area contributed by atoms with E-state index in [1.54, 1.807) is 32.0 Å². The van der Waals surface area contributed by atoms with Crippen molar-refractivity contribution in [1.29, 1.82) is 0 Å². The summed E-state index contributed by atoms with van der Waals surface area (Å²) in [4.78, 5) is 11.9. The first-order chi connectivity index (χ1) is 9.49. The molecule has 0 aliphatic rings. The number of benzene rings is 1. The molecule has 1 aromatic rings. The Morgan fingerprint density at radius 3 is 2.65 bits per heavy atom. The van der Waals surface area contributed by atoms with E-state index in [4.69, 9.17) is 20.3 Å². The van der Waals surface area contributed by atoms with Gasteiger partial charge in [-0.3, -0.25) is 4.79 Å². The summed E-state index contributed by atoms with van der Waals surface area (Å²) < 4.78 is 10.5. The van der Waals surface area contributed by atoms with Crippen LogP contribution in [0.1, 0.15) is 13.8 Å². The van der Waals surface area contributed by atoms with Crippen molar-refractivity contribution in [2.75, 3.05) is 25.6 Å². The number of ether oxygens (including phenoxy) is 2. The molecule has 0 aliphatic carbocycles. The fourth-order valence-electron chi connectivity index (χ4n) is 1.52. The third-order valence-electron chi connectivity index (χ3n) is 2.98. The monoisotopic (exact) mass is 282 g/mol. The number of rotatable bonds is 7. The van der Waals surface area contributed by atoms with E-state index in [1.807, 2.05) is 0 Å². The lowest BCUT2D eigenvalue weighted by atomic mass is 10.0. The van der Waals surface area contributed by atoms with E-state index in [-0.39, 0.29) is 31.1 Å². The molecular formula is C14H22N2O4. The molecule has 0 saturated carbocycles. The summed E-state index contributed by atoms with van der Waals surface area (Å²) >= 11 is 0. The van der Waals surface area contributed by atoms with Crippen molar-refractivity contribution in [2.45, 2.75) is 19.9 Å². The summed E-state index contributed by atoms with van der Waals surface area (Å²) in [6, 6.07) is 4.84. The zero-order valence-corrected chi connectivity index (χ0v) is 12.1. The van der Waals surface area contributed by atoms with Gasteiger partial charge in [0.2, 0.25) is 5.91 Å². The number of nitrogens with one attached hydrogen (secondary N) is 1. The van der Waals surface area contributed by atoms with Crippen LogP contribution < -0.4 is 20.5 Å². The molecule has 0 fully saturated rings. The topological polar surface area (TPSA) is 93.8 Å². The second-order valence-corrected chi connectivity index (χ2v) is 4.57. The van der Waals surface area contributed by atoms with Gasteiger partial charge in [-0.05, 0) is 19.1 Å². The molecule has 1 amide bonds. The van der Waals surface area contributed by atoms with Crippen LogP contribution in [0.5, 0.6) is 11.5 Å². The van der Waals surface area contributed by atoms with Crippen LogP contribution in [0, 0.1) is 5.92 Å². The number of anilines is 1. The van der Waals surface area contributed by atoms with Gasteiger partial charge in [0, 0.05) is 17.8 Å². The Hall–Kier alpha value is -1.79. The van der Waals surface area contributed by atoms with Gasteiger partial charge in [-0.25, -0.2) is 0 Å². The highest BCUT2D eigenvalue weighted by molar-refractivity contribution is 5.93.